The zero-order valence-electron chi connectivity index (χ0n) is 15.4. The van der Waals surface area contributed by atoms with E-state index in [9.17, 15) is 14.4 Å². The van der Waals surface area contributed by atoms with Gasteiger partial charge in [-0.15, -0.1) is 0 Å². The molecule has 1 aromatic carbocycles. The second kappa shape index (κ2) is 7.99. The molecule has 7 heteroatoms. The Labute approximate surface area is 158 Å². The summed E-state index contributed by atoms with van der Waals surface area (Å²) in [4.78, 5) is 43.2. The highest BCUT2D eigenvalue weighted by atomic mass is 16.2. The number of aromatic nitrogens is 1. The highest BCUT2D eigenvalue weighted by molar-refractivity contribution is 5.95. The van der Waals surface area contributed by atoms with E-state index in [0.717, 1.165) is 5.69 Å². The van der Waals surface area contributed by atoms with Crippen molar-refractivity contribution < 1.29 is 14.4 Å². The van der Waals surface area contributed by atoms with E-state index in [0.29, 0.717) is 43.1 Å². The largest absolute Gasteiger partial charge is 0.340 e. The van der Waals surface area contributed by atoms with Crippen molar-refractivity contribution in [1.82, 2.24) is 14.8 Å². The summed E-state index contributed by atoms with van der Waals surface area (Å²) in [5, 5.41) is 3.14. The van der Waals surface area contributed by atoms with Crippen LogP contribution in [0.4, 0.5) is 11.5 Å². The molecule has 1 fully saturated rings. The van der Waals surface area contributed by atoms with Crippen LogP contribution in [0, 0.1) is 0 Å². The second-order valence-electron chi connectivity index (χ2n) is 6.49. The normalized spacial score (nSPS) is 14.0. The maximum absolute atomic E-state index is 12.7. The molecule has 27 heavy (non-hydrogen) atoms. The summed E-state index contributed by atoms with van der Waals surface area (Å²) in [6, 6.07) is 10.5. The minimum Gasteiger partial charge on any atom is -0.340 e. The van der Waals surface area contributed by atoms with Gasteiger partial charge in [-0.2, -0.15) is 0 Å². The van der Waals surface area contributed by atoms with Crippen LogP contribution >= 0.6 is 0 Å². The van der Waals surface area contributed by atoms with E-state index in [1.54, 1.807) is 59.3 Å². The number of pyridine rings is 1. The number of benzene rings is 1. The second-order valence-corrected chi connectivity index (χ2v) is 6.49. The van der Waals surface area contributed by atoms with Gasteiger partial charge in [0.1, 0.15) is 5.82 Å². The van der Waals surface area contributed by atoms with Crippen LogP contribution in [0.1, 0.15) is 34.6 Å². The highest BCUT2D eigenvalue weighted by Gasteiger charge is 2.23. The topological polar surface area (TPSA) is 82.6 Å². The van der Waals surface area contributed by atoms with Gasteiger partial charge in [-0.3, -0.25) is 14.4 Å². The number of nitrogens with zero attached hydrogens (tertiary/aromatic N) is 3. The molecule has 0 radical (unpaired) electrons. The molecule has 3 rings (SSSR count). The third kappa shape index (κ3) is 4.49. The SMILES string of the molecule is CC(=O)c1ccc(Nc2cc(C(=O)N3CCN(C(C)=O)CC3)ccn2)cc1. The predicted molar refractivity (Wildman–Crippen MR) is 102 cm³/mol. The van der Waals surface area contributed by atoms with Gasteiger partial charge in [0.25, 0.3) is 5.91 Å². The number of carbonyl (C=O) groups is 3. The zero-order valence-corrected chi connectivity index (χ0v) is 15.4. The summed E-state index contributed by atoms with van der Waals surface area (Å²) in [7, 11) is 0. The summed E-state index contributed by atoms with van der Waals surface area (Å²) in [6.45, 7) is 5.22. The Morgan fingerprint density at radius 3 is 2.11 bits per heavy atom. The number of ketones is 1. The molecule has 0 unspecified atom stereocenters. The first-order valence-electron chi connectivity index (χ1n) is 8.83. The van der Waals surface area contributed by atoms with E-state index in [1.165, 1.54) is 6.92 Å². The first-order valence-corrected chi connectivity index (χ1v) is 8.83. The molecule has 2 aromatic rings. The lowest BCUT2D eigenvalue weighted by Crippen LogP contribution is -2.50. The number of rotatable bonds is 4. The number of piperazine rings is 1. The summed E-state index contributed by atoms with van der Waals surface area (Å²) in [5.41, 5.74) is 1.97. The van der Waals surface area contributed by atoms with Crippen molar-refractivity contribution in [2.24, 2.45) is 0 Å². The number of anilines is 2. The third-order valence-corrected chi connectivity index (χ3v) is 4.58. The molecule has 0 bridgehead atoms. The Balaban J connectivity index is 1.67. The number of amides is 2. The maximum Gasteiger partial charge on any atom is 0.254 e. The molecule has 7 nitrogen and oxygen atoms in total. The van der Waals surface area contributed by atoms with Crippen LogP contribution in [0.3, 0.4) is 0 Å². The van der Waals surface area contributed by atoms with Gasteiger partial charge in [-0.1, -0.05) is 0 Å². The lowest BCUT2D eigenvalue weighted by molar-refractivity contribution is -0.130. The first kappa shape index (κ1) is 18.6. The maximum atomic E-state index is 12.7. The average molecular weight is 366 g/mol. The molecule has 1 aliphatic heterocycles. The summed E-state index contributed by atoms with van der Waals surface area (Å²) >= 11 is 0. The Bertz CT molecular complexity index is 856. The van der Waals surface area contributed by atoms with Crippen LogP contribution in [0.25, 0.3) is 0 Å². The van der Waals surface area contributed by atoms with Crippen LogP contribution in [0.5, 0.6) is 0 Å². The molecule has 2 amide bonds. The monoisotopic (exact) mass is 366 g/mol. The van der Waals surface area contributed by atoms with Gasteiger partial charge in [-0.05, 0) is 43.3 Å². The summed E-state index contributed by atoms with van der Waals surface area (Å²) in [5.74, 6) is 0.528. The predicted octanol–water partition coefficient (Wildman–Crippen LogP) is 2.33. The standard InChI is InChI=1S/C20H22N4O3/c1-14(25)16-3-5-18(6-4-16)22-19-13-17(7-8-21-19)20(27)24-11-9-23(10-12-24)15(2)26/h3-8,13H,9-12H2,1-2H3,(H,21,22). The van der Waals surface area contributed by atoms with E-state index in [2.05, 4.69) is 10.3 Å². The van der Waals surface area contributed by atoms with Crippen molar-refractivity contribution in [2.45, 2.75) is 13.8 Å². The van der Waals surface area contributed by atoms with Gasteiger partial charge >= 0.3 is 0 Å². The Hall–Kier alpha value is -3.22. The highest BCUT2D eigenvalue weighted by Crippen LogP contribution is 2.18. The fraction of sp³-hybridized carbons (Fsp3) is 0.300. The summed E-state index contributed by atoms with van der Waals surface area (Å²) in [6.07, 6.45) is 1.59. The molecule has 1 N–H and O–H groups in total. The van der Waals surface area contributed by atoms with Gasteiger partial charge in [0.05, 0.1) is 0 Å². The quantitative estimate of drug-likeness (QED) is 0.840. The number of Topliss-reactive ketones (excluding diaryl/α,β-unsaturated/α-hetero) is 1. The molecule has 0 aliphatic carbocycles. The number of hydrogen-bond acceptors (Lipinski definition) is 5. The first-order chi connectivity index (χ1) is 12.9. The molecular formula is C20H22N4O3. The van der Waals surface area contributed by atoms with E-state index in [-0.39, 0.29) is 17.6 Å². The van der Waals surface area contributed by atoms with Gasteiger partial charge < -0.3 is 15.1 Å². The minimum absolute atomic E-state index is 0.0112. The lowest BCUT2D eigenvalue weighted by Gasteiger charge is -2.34. The van der Waals surface area contributed by atoms with Gasteiger partial charge in [0.2, 0.25) is 5.91 Å². The van der Waals surface area contributed by atoms with Crippen molar-refractivity contribution in [3.63, 3.8) is 0 Å². The Morgan fingerprint density at radius 1 is 0.889 bits per heavy atom. The van der Waals surface area contributed by atoms with Gasteiger partial charge in [0.15, 0.2) is 5.78 Å². The molecule has 1 saturated heterocycles. The molecule has 0 spiro atoms. The smallest absolute Gasteiger partial charge is 0.254 e. The molecular weight excluding hydrogens is 344 g/mol. The Kier molecular flexibility index (Phi) is 5.49. The van der Waals surface area contributed by atoms with E-state index in [4.69, 9.17) is 0 Å². The van der Waals surface area contributed by atoms with Crippen LogP contribution < -0.4 is 5.32 Å². The summed E-state index contributed by atoms with van der Waals surface area (Å²) < 4.78 is 0. The third-order valence-electron chi connectivity index (χ3n) is 4.58. The molecule has 0 saturated carbocycles. The average Bonchev–Trinajstić information content (AvgIpc) is 2.68. The van der Waals surface area contributed by atoms with E-state index in [1.807, 2.05) is 0 Å². The van der Waals surface area contributed by atoms with Gasteiger partial charge in [-0.25, -0.2) is 4.98 Å². The minimum atomic E-state index is -0.0735. The van der Waals surface area contributed by atoms with Crippen molar-refractivity contribution in [1.29, 1.82) is 0 Å². The van der Waals surface area contributed by atoms with Crippen LogP contribution in [0.15, 0.2) is 42.6 Å². The lowest BCUT2D eigenvalue weighted by atomic mass is 10.1. The van der Waals surface area contributed by atoms with Crippen LogP contribution in [-0.4, -0.2) is 58.6 Å². The van der Waals surface area contributed by atoms with Crippen molar-refractivity contribution >= 4 is 29.1 Å². The van der Waals surface area contributed by atoms with Gasteiger partial charge in [0, 0.05) is 56.1 Å². The van der Waals surface area contributed by atoms with Crippen LogP contribution in [-0.2, 0) is 4.79 Å². The fourth-order valence-corrected chi connectivity index (χ4v) is 2.98. The van der Waals surface area contributed by atoms with E-state index < -0.39 is 0 Å². The molecule has 2 heterocycles. The van der Waals surface area contributed by atoms with Crippen LogP contribution in [0.2, 0.25) is 0 Å². The molecule has 140 valence electrons. The fourth-order valence-electron chi connectivity index (χ4n) is 2.98. The number of hydrogen-bond donors (Lipinski definition) is 1. The number of nitrogens with one attached hydrogen (secondary N) is 1. The zero-order chi connectivity index (χ0) is 19.4. The Morgan fingerprint density at radius 2 is 1.52 bits per heavy atom. The molecule has 1 aliphatic rings. The van der Waals surface area contributed by atoms with Crippen molar-refractivity contribution in [2.75, 3.05) is 31.5 Å². The van der Waals surface area contributed by atoms with E-state index >= 15 is 0 Å². The molecule has 1 aromatic heterocycles. The van der Waals surface area contributed by atoms with Crippen molar-refractivity contribution in [3.8, 4) is 0 Å². The van der Waals surface area contributed by atoms with Crippen molar-refractivity contribution in [3.05, 3.63) is 53.7 Å². The molecule has 0 atom stereocenters. The number of carbonyl (C=O) groups excluding carboxylic acids is 3.